The van der Waals surface area contributed by atoms with E-state index in [-0.39, 0.29) is 5.91 Å². The zero-order valence-corrected chi connectivity index (χ0v) is 16.1. The Balaban J connectivity index is 1.40. The van der Waals surface area contributed by atoms with Crippen LogP contribution >= 0.6 is 0 Å². The molecule has 0 bridgehead atoms. The molecule has 0 atom stereocenters. The molecule has 1 aliphatic heterocycles. The quantitative estimate of drug-likeness (QED) is 0.540. The Bertz CT molecular complexity index is 1200. The Kier molecular flexibility index (Phi) is 4.37. The van der Waals surface area contributed by atoms with Gasteiger partial charge in [0.05, 0.1) is 16.8 Å². The molecule has 0 aliphatic carbocycles. The standard InChI is InChI=1S/C22H20N6O/c1-15(29)28-13-18(19-4-2-3-5-21(19)28)12-27-7-6-20-17(11-27)10-25-22(26-20)16-8-23-14-24-9-16/h2-5,8-10,13-14H,6-7,11-12H2,1H3. The number of nitrogens with zero attached hydrogens (tertiary/aromatic N) is 6. The van der Waals surface area contributed by atoms with Gasteiger partial charge in [-0.25, -0.2) is 19.9 Å². The highest BCUT2D eigenvalue weighted by Crippen LogP contribution is 2.26. The number of fused-ring (bicyclic) bond motifs is 2. The van der Waals surface area contributed by atoms with E-state index in [2.05, 4.69) is 25.9 Å². The zero-order valence-electron chi connectivity index (χ0n) is 16.1. The molecule has 0 N–H and O–H groups in total. The van der Waals surface area contributed by atoms with Crippen molar-refractivity contribution in [3.8, 4) is 11.4 Å². The number of rotatable bonds is 3. The smallest absolute Gasteiger partial charge is 0.227 e. The molecule has 1 aromatic carbocycles. The second-order valence-corrected chi connectivity index (χ2v) is 7.31. The minimum absolute atomic E-state index is 0.0299. The molecule has 144 valence electrons. The van der Waals surface area contributed by atoms with Gasteiger partial charge in [-0.3, -0.25) is 14.3 Å². The largest absolute Gasteiger partial charge is 0.294 e. The number of para-hydroxylation sites is 1. The maximum atomic E-state index is 12.0. The first kappa shape index (κ1) is 17.6. The molecule has 0 unspecified atom stereocenters. The average molecular weight is 384 g/mol. The van der Waals surface area contributed by atoms with Gasteiger partial charge < -0.3 is 0 Å². The van der Waals surface area contributed by atoms with Crippen molar-refractivity contribution >= 4 is 16.8 Å². The van der Waals surface area contributed by atoms with Crippen molar-refractivity contribution in [1.29, 1.82) is 0 Å². The van der Waals surface area contributed by atoms with Gasteiger partial charge in [0.15, 0.2) is 5.82 Å². The molecule has 0 saturated carbocycles. The SMILES string of the molecule is CC(=O)n1cc(CN2CCc3nc(-c4cncnc4)ncc3C2)c2ccccc21. The summed E-state index contributed by atoms with van der Waals surface area (Å²) in [4.78, 5) is 31.7. The lowest BCUT2D eigenvalue weighted by Gasteiger charge is -2.27. The maximum Gasteiger partial charge on any atom is 0.227 e. The molecule has 1 aliphatic rings. The lowest BCUT2D eigenvalue weighted by molar-refractivity contribution is 0.0941. The van der Waals surface area contributed by atoms with E-state index in [1.807, 2.05) is 30.6 Å². The number of aromatic nitrogens is 5. The summed E-state index contributed by atoms with van der Waals surface area (Å²) in [6.07, 6.45) is 9.71. The third-order valence-corrected chi connectivity index (χ3v) is 5.36. The summed E-state index contributed by atoms with van der Waals surface area (Å²) in [6.45, 7) is 4.09. The van der Waals surface area contributed by atoms with Crippen molar-refractivity contribution in [2.45, 2.75) is 26.4 Å². The molecule has 0 amide bonds. The Morgan fingerprint density at radius 1 is 1.14 bits per heavy atom. The van der Waals surface area contributed by atoms with Crippen LogP contribution in [-0.4, -0.2) is 41.9 Å². The highest BCUT2D eigenvalue weighted by molar-refractivity contribution is 5.93. The monoisotopic (exact) mass is 384 g/mol. The van der Waals surface area contributed by atoms with Gasteiger partial charge in [0.2, 0.25) is 5.91 Å². The van der Waals surface area contributed by atoms with Crippen LogP contribution in [0, 0.1) is 0 Å². The van der Waals surface area contributed by atoms with Crippen molar-refractivity contribution in [2.75, 3.05) is 6.54 Å². The molecule has 0 fully saturated rings. The van der Waals surface area contributed by atoms with Gasteiger partial charge >= 0.3 is 0 Å². The second-order valence-electron chi connectivity index (χ2n) is 7.31. The van der Waals surface area contributed by atoms with E-state index in [1.165, 1.54) is 11.9 Å². The molecule has 0 saturated heterocycles. The van der Waals surface area contributed by atoms with E-state index in [9.17, 15) is 4.79 Å². The van der Waals surface area contributed by atoms with Crippen LogP contribution in [0.15, 0.2) is 55.4 Å². The Labute approximate surface area is 168 Å². The molecule has 0 spiro atoms. The maximum absolute atomic E-state index is 12.0. The van der Waals surface area contributed by atoms with E-state index in [0.717, 1.165) is 53.8 Å². The van der Waals surface area contributed by atoms with Gasteiger partial charge in [-0.1, -0.05) is 18.2 Å². The lowest BCUT2D eigenvalue weighted by Crippen LogP contribution is -2.31. The van der Waals surface area contributed by atoms with Gasteiger partial charge in [0.1, 0.15) is 6.33 Å². The van der Waals surface area contributed by atoms with Gasteiger partial charge in [-0.15, -0.1) is 0 Å². The third kappa shape index (κ3) is 3.30. The van der Waals surface area contributed by atoms with Crippen molar-refractivity contribution in [2.24, 2.45) is 0 Å². The van der Waals surface area contributed by atoms with Crippen LogP contribution in [0.1, 0.15) is 28.5 Å². The fourth-order valence-corrected chi connectivity index (χ4v) is 3.94. The number of carbonyl (C=O) groups excluding carboxylic acids is 1. The van der Waals surface area contributed by atoms with Gasteiger partial charge in [0.25, 0.3) is 0 Å². The predicted octanol–water partition coefficient (Wildman–Crippen LogP) is 3.11. The summed E-state index contributed by atoms with van der Waals surface area (Å²) < 4.78 is 1.74. The fraction of sp³-hybridized carbons (Fsp3) is 0.227. The van der Waals surface area contributed by atoms with E-state index in [1.54, 1.807) is 23.9 Å². The first-order valence-corrected chi connectivity index (χ1v) is 9.61. The highest BCUT2D eigenvalue weighted by Gasteiger charge is 2.21. The highest BCUT2D eigenvalue weighted by atomic mass is 16.1. The molecule has 29 heavy (non-hydrogen) atoms. The summed E-state index contributed by atoms with van der Waals surface area (Å²) in [5, 5.41) is 1.13. The minimum Gasteiger partial charge on any atom is -0.294 e. The Morgan fingerprint density at radius 2 is 1.97 bits per heavy atom. The molecule has 7 heteroatoms. The van der Waals surface area contributed by atoms with Crippen LogP contribution in [0.25, 0.3) is 22.3 Å². The normalized spacial score (nSPS) is 14.1. The van der Waals surface area contributed by atoms with Crippen molar-refractivity contribution < 1.29 is 4.79 Å². The fourth-order valence-electron chi connectivity index (χ4n) is 3.94. The van der Waals surface area contributed by atoms with E-state index in [4.69, 9.17) is 4.98 Å². The molecule has 7 nitrogen and oxygen atoms in total. The topological polar surface area (TPSA) is 76.8 Å². The zero-order chi connectivity index (χ0) is 19.8. The van der Waals surface area contributed by atoms with Crippen molar-refractivity contribution in [1.82, 2.24) is 29.4 Å². The van der Waals surface area contributed by atoms with E-state index < -0.39 is 0 Å². The molecular formula is C22H20N6O. The van der Waals surface area contributed by atoms with Gasteiger partial charge in [0, 0.05) is 68.7 Å². The van der Waals surface area contributed by atoms with Crippen LogP contribution in [0.3, 0.4) is 0 Å². The summed E-state index contributed by atoms with van der Waals surface area (Å²) >= 11 is 0. The number of carbonyl (C=O) groups is 1. The first-order valence-electron chi connectivity index (χ1n) is 9.61. The number of hydrogen-bond acceptors (Lipinski definition) is 6. The summed E-state index contributed by atoms with van der Waals surface area (Å²) in [5.74, 6) is 0.699. The van der Waals surface area contributed by atoms with Crippen LogP contribution in [0.2, 0.25) is 0 Å². The number of benzene rings is 1. The first-order chi connectivity index (χ1) is 14.2. The van der Waals surface area contributed by atoms with E-state index in [0.29, 0.717) is 5.82 Å². The molecule has 4 heterocycles. The summed E-state index contributed by atoms with van der Waals surface area (Å²) in [7, 11) is 0. The lowest BCUT2D eigenvalue weighted by atomic mass is 10.1. The number of hydrogen-bond donors (Lipinski definition) is 0. The Hall–Kier alpha value is -3.45. The van der Waals surface area contributed by atoms with Crippen molar-refractivity contribution in [3.63, 3.8) is 0 Å². The summed E-state index contributed by atoms with van der Waals surface area (Å²) in [5.41, 5.74) is 5.19. The minimum atomic E-state index is 0.0299. The molecule has 3 aromatic heterocycles. The van der Waals surface area contributed by atoms with Crippen LogP contribution in [0.5, 0.6) is 0 Å². The average Bonchev–Trinajstić information content (AvgIpc) is 3.13. The molecular weight excluding hydrogens is 364 g/mol. The van der Waals surface area contributed by atoms with Crippen LogP contribution < -0.4 is 0 Å². The van der Waals surface area contributed by atoms with Gasteiger partial charge in [-0.05, 0) is 11.6 Å². The third-order valence-electron chi connectivity index (χ3n) is 5.36. The van der Waals surface area contributed by atoms with Crippen LogP contribution in [-0.2, 0) is 19.5 Å². The molecule has 0 radical (unpaired) electrons. The van der Waals surface area contributed by atoms with E-state index >= 15 is 0 Å². The molecule has 5 rings (SSSR count). The Morgan fingerprint density at radius 3 is 2.79 bits per heavy atom. The van der Waals surface area contributed by atoms with Crippen LogP contribution in [0.4, 0.5) is 0 Å². The second kappa shape index (κ2) is 7.18. The van der Waals surface area contributed by atoms with Crippen molar-refractivity contribution in [3.05, 3.63) is 72.2 Å². The predicted molar refractivity (Wildman–Crippen MR) is 109 cm³/mol. The van der Waals surface area contributed by atoms with Gasteiger partial charge in [-0.2, -0.15) is 0 Å². The summed E-state index contributed by atoms with van der Waals surface area (Å²) in [6, 6.07) is 8.06. The molecule has 4 aromatic rings.